The molecular weight excluding hydrogens is 198 g/mol. The molecular formula is C10H12ClN3. The van der Waals surface area contributed by atoms with Crippen molar-refractivity contribution < 1.29 is 0 Å². The predicted octanol–water partition coefficient (Wildman–Crippen LogP) is 2.17. The second-order valence-corrected chi connectivity index (χ2v) is 3.84. The molecule has 0 bridgehead atoms. The highest BCUT2D eigenvalue weighted by atomic mass is 35.5. The first-order valence-corrected chi connectivity index (χ1v) is 4.88. The summed E-state index contributed by atoms with van der Waals surface area (Å²) in [7, 11) is 1.84. The normalized spacial score (nSPS) is 21.0. The average Bonchev–Trinajstić information content (AvgIpc) is 2.48. The number of rotatable bonds is 1. The van der Waals surface area contributed by atoms with Crippen LogP contribution >= 0.6 is 11.6 Å². The topological polar surface area (TPSA) is 43.8 Å². The maximum absolute atomic E-state index is 5.83. The third kappa shape index (κ3) is 1.68. The van der Waals surface area contributed by atoms with Crippen LogP contribution in [0.4, 0.5) is 5.82 Å². The smallest absolute Gasteiger partial charge is 0.121 e. The van der Waals surface area contributed by atoms with Gasteiger partial charge in [-0.3, -0.25) is 4.68 Å². The Morgan fingerprint density at radius 1 is 1.64 bits per heavy atom. The first-order chi connectivity index (χ1) is 6.66. The quantitative estimate of drug-likeness (QED) is 0.771. The van der Waals surface area contributed by atoms with Crippen molar-refractivity contribution in [1.82, 2.24) is 9.78 Å². The molecule has 3 nitrogen and oxygen atoms in total. The molecule has 0 aliphatic heterocycles. The molecule has 1 aliphatic rings. The summed E-state index contributed by atoms with van der Waals surface area (Å²) < 4.78 is 1.68. The van der Waals surface area contributed by atoms with Gasteiger partial charge in [0.15, 0.2) is 0 Å². The minimum atomic E-state index is 0.306. The molecule has 1 atom stereocenters. The Labute approximate surface area is 87.9 Å². The molecule has 1 aromatic heterocycles. The van der Waals surface area contributed by atoms with Crippen molar-refractivity contribution in [3.05, 3.63) is 35.0 Å². The molecule has 1 unspecified atom stereocenters. The van der Waals surface area contributed by atoms with Crippen LogP contribution in [-0.4, -0.2) is 9.78 Å². The average molecular weight is 210 g/mol. The van der Waals surface area contributed by atoms with Crippen LogP contribution in [0.2, 0.25) is 0 Å². The van der Waals surface area contributed by atoms with Crippen LogP contribution in [0, 0.1) is 0 Å². The largest absolute Gasteiger partial charge is 0.384 e. The number of nitrogens with zero attached hydrogens (tertiary/aromatic N) is 2. The van der Waals surface area contributed by atoms with E-state index in [0.29, 0.717) is 11.7 Å². The van der Waals surface area contributed by atoms with Gasteiger partial charge in [-0.15, -0.1) is 0 Å². The van der Waals surface area contributed by atoms with Crippen molar-refractivity contribution in [1.29, 1.82) is 0 Å². The number of hydrogen-bond donors (Lipinski definition) is 1. The van der Waals surface area contributed by atoms with E-state index in [9.17, 15) is 0 Å². The number of halogens is 1. The maximum Gasteiger partial charge on any atom is 0.121 e. The Kier molecular flexibility index (Phi) is 2.33. The van der Waals surface area contributed by atoms with Gasteiger partial charge in [0.1, 0.15) is 5.82 Å². The summed E-state index contributed by atoms with van der Waals surface area (Å²) in [6.45, 7) is 0. The molecule has 0 aromatic carbocycles. The van der Waals surface area contributed by atoms with Gasteiger partial charge in [0.05, 0.1) is 5.69 Å². The molecule has 0 fully saturated rings. The summed E-state index contributed by atoms with van der Waals surface area (Å²) in [5, 5.41) is 5.12. The molecule has 1 heterocycles. The zero-order chi connectivity index (χ0) is 10.1. The molecule has 1 aliphatic carbocycles. The summed E-state index contributed by atoms with van der Waals surface area (Å²) in [6.07, 6.45) is 6.85. The zero-order valence-electron chi connectivity index (χ0n) is 7.94. The van der Waals surface area contributed by atoms with E-state index in [2.05, 4.69) is 11.2 Å². The van der Waals surface area contributed by atoms with Crippen LogP contribution in [0.5, 0.6) is 0 Å². The predicted molar refractivity (Wildman–Crippen MR) is 58.1 cm³/mol. The highest BCUT2D eigenvalue weighted by Gasteiger charge is 2.14. The molecule has 2 rings (SSSR count). The van der Waals surface area contributed by atoms with Crippen molar-refractivity contribution in [2.75, 3.05) is 5.73 Å². The van der Waals surface area contributed by atoms with Crippen LogP contribution in [0.15, 0.2) is 29.3 Å². The molecule has 0 amide bonds. The SMILES string of the molecule is Cn1nc(C2C=CC(Cl)=CC2)cc1N. The molecule has 4 heteroatoms. The molecule has 1 aromatic rings. The number of allylic oxidation sites excluding steroid dienone is 4. The van der Waals surface area contributed by atoms with E-state index in [1.54, 1.807) is 4.68 Å². The summed E-state index contributed by atoms with van der Waals surface area (Å²) in [4.78, 5) is 0. The number of anilines is 1. The Balaban J connectivity index is 2.22. The fourth-order valence-electron chi connectivity index (χ4n) is 1.50. The second kappa shape index (κ2) is 3.50. The van der Waals surface area contributed by atoms with Crippen molar-refractivity contribution in [3.63, 3.8) is 0 Å². The minimum Gasteiger partial charge on any atom is -0.384 e. The third-order valence-electron chi connectivity index (χ3n) is 2.37. The number of aryl methyl sites for hydroxylation is 1. The Bertz CT molecular complexity index is 384. The van der Waals surface area contributed by atoms with Gasteiger partial charge in [-0.05, 0) is 12.5 Å². The van der Waals surface area contributed by atoms with Gasteiger partial charge in [-0.2, -0.15) is 5.10 Å². The van der Waals surface area contributed by atoms with Gasteiger partial charge in [-0.25, -0.2) is 0 Å². The number of aromatic nitrogens is 2. The van der Waals surface area contributed by atoms with Gasteiger partial charge in [0.2, 0.25) is 0 Å². The fraction of sp³-hybridized carbons (Fsp3) is 0.300. The van der Waals surface area contributed by atoms with Gasteiger partial charge in [-0.1, -0.05) is 23.8 Å². The van der Waals surface area contributed by atoms with E-state index in [0.717, 1.165) is 17.1 Å². The van der Waals surface area contributed by atoms with Gasteiger partial charge >= 0.3 is 0 Å². The molecule has 2 N–H and O–H groups in total. The maximum atomic E-state index is 5.83. The number of hydrogen-bond acceptors (Lipinski definition) is 2. The summed E-state index contributed by atoms with van der Waals surface area (Å²) in [5.74, 6) is 0.995. The van der Waals surface area contributed by atoms with E-state index >= 15 is 0 Å². The van der Waals surface area contributed by atoms with Gasteiger partial charge in [0, 0.05) is 24.1 Å². The summed E-state index contributed by atoms with van der Waals surface area (Å²) in [5.41, 5.74) is 6.71. The lowest BCUT2D eigenvalue weighted by Gasteiger charge is -2.10. The van der Waals surface area contributed by atoms with E-state index in [-0.39, 0.29) is 0 Å². The van der Waals surface area contributed by atoms with E-state index < -0.39 is 0 Å². The molecule has 0 saturated carbocycles. The highest BCUT2D eigenvalue weighted by molar-refractivity contribution is 6.31. The molecule has 0 spiro atoms. The lowest BCUT2D eigenvalue weighted by Crippen LogP contribution is -2.00. The van der Waals surface area contributed by atoms with Crippen LogP contribution < -0.4 is 5.73 Å². The summed E-state index contributed by atoms with van der Waals surface area (Å²) >= 11 is 5.83. The number of nitrogen functional groups attached to an aromatic ring is 1. The minimum absolute atomic E-state index is 0.306. The molecule has 14 heavy (non-hydrogen) atoms. The monoisotopic (exact) mass is 209 g/mol. The second-order valence-electron chi connectivity index (χ2n) is 3.41. The lowest BCUT2D eigenvalue weighted by molar-refractivity contribution is 0.719. The lowest BCUT2D eigenvalue weighted by atomic mass is 9.97. The van der Waals surface area contributed by atoms with Gasteiger partial charge < -0.3 is 5.73 Å². The Morgan fingerprint density at radius 3 is 2.93 bits per heavy atom. The Hall–Kier alpha value is -1.22. The van der Waals surface area contributed by atoms with Crippen LogP contribution in [0.1, 0.15) is 18.0 Å². The van der Waals surface area contributed by atoms with Crippen LogP contribution in [0.25, 0.3) is 0 Å². The fourth-order valence-corrected chi connectivity index (χ4v) is 1.66. The third-order valence-corrected chi connectivity index (χ3v) is 2.65. The van der Waals surface area contributed by atoms with Crippen molar-refractivity contribution >= 4 is 17.4 Å². The standard InChI is InChI=1S/C10H12ClN3/c1-14-10(12)6-9(13-14)7-2-4-8(11)5-3-7/h2,4-7H,3,12H2,1H3. The van der Waals surface area contributed by atoms with Crippen molar-refractivity contribution in [3.8, 4) is 0 Å². The number of nitrogens with two attached hydrogens (primary N) is 1. The first kappa shape index (κ1) is 9.34. The first-order valence-electron chi connectivity index (χ1n) is 4.50. The molecule has 0 radical (unpaired) electrons. The van der Waals surface area contributed by atoms with Crippen molar-refractivity contribution in [2.45, 2.75) is 12.3 Å². The van der Waals surface area contributed by atoms with Gasteiger partial charge in [0.25, 0.3) is 0 Å². The molecule has 0 saturated heterocycles. The van der Waals surface area contributed by atoms with E-state index in [1.165, 1.54) is 0 Å². The summed E-state index contributed by atoms with van der Waals surface area (Å²) in [6, 6.07) is 1.90. The van der Waals surface area contributed by atoms with E-state index in [4.69, 9.17) is 17.3 Å². The highest BCUT2D eigenvalue weighted by Crippen LogP contribution is 2.27. The molecule has 74 valence electrons. The van der Waals surface area contributed by atoms with Crippen molar-refractivity contribution in [2.24, 2.45) is 7.05 Å². The van der Waals surface area contributed by atoms with Crippen LogP contribution in [0.3, 0.4) is 0 Å². The zero-order valence-corrected chi connectivity index (χ0v) is 8.70. The Morgan fingerprint density at radius 2 is 2.43 bits per heavy atom. The van der Waals surface area contributed by atoms with Crippen LogP contribution in [-0.2, 0) is 7.05 Å². The van der Waals surface area contributed by atoms with E-state index in [1.807, 2.05) is 25.3 Å².